The van der Waals surface area contributed by atoms with Gasteiger partial charge in [0.25, 0.3) is 5.92 Å². The van der Waals surface area contributed by atoms with Crippen LogP contribution in [0.25, 0.3) is 0 Å². The highest BCUT2D eigenvalue weighted by Crippen LogP contribution is 2.31. The molecule has 2 N–H and O–H groups in total. The Kier molecular flexibility index (Phi) is 3.03. The predicted octanol–water partition coefficient (Wildman–Crippen LogP) is 2.19. The zero-order valence-corrected chi connectivity index (χ0v) is 10.0. The van der Waals surface area contributed by atoms with Crippen molar-refractivity contribution in [2.24, 2.45) is 11.7 Å². The van der Waals surface area contributed by atoms with E-state index in [1.807, 2.05) is 19.9 Å². The maximum atomic E-state index is 12.7. The van der Waals surface area contributed by atoms with Gasteiger partial charge in [-0.3, -0.25) is 0 Å². The third-order valence-corrected chi connectivity index (χ3v) is 3.04. The molecule has 1 saturated heterocycles. The first-order valence-electron chi connectivity index (χ1n) is 5.73. The molecule has 1 aromatic heterocycles. The molecule has 0 bridgehead atoms. The lowest BCUT2D eigenvalue weighted by atomic mass is 9.98. The molecular formula is C12H17F2N3. The van der Waals surface area contributed by atoms with E-state index in [-0.39, 0.29) is 19.1 Å². The maximum Gasteiger partial charge on any atom is 0.282 e. The lowest BCUT2D eigenvalue weighted by Gasteiger charge is -2.39. The van der Waals surface area contributed by atoms with Gasteiger partial charge in [-0.25, -0.2) is 13.8 Å². The van der Waals surface area contributed by atoms with E-state index in [1.54, 1.807) is 17.2 Å². The highest BCUT2D eigenvalue weighted by Gasteiger charge is 2.44. The van der Waals surface area contributed by atoms with Crippen LogP contribution in [0.3, 0.4) is 0 Å². The minimum atomic E-state index is -2.56. The fourth-order valence-corrected chi connectivity index (χ4v) is 1.84. The number of pyridine rings is 1. The van der Waals surface area contributed by atoms with Gasteiger partial charge in [0.1, 0.15) is 5.82 Å². The Labute approximate surface area is 99.6 Å². The summed E-state index contributed by atoms with van der Waals surface area (Å²) in [7, 11) is 0. The Morgan fingerprint density at radius 1 is 1.35 bits per heavy atom. The molecule has 5 heteroatoms. The Hall–Kier alpha value is -1.23. The van der Waals surface area contributed by atoms with Gasteiger partial charge >= 0.3 is 0 Å². The molecule has 0 aromatic carbocycles. The average molecular weight is 241 g/mol. The molecule has 0 amide bonds. The van der Waals surface area contributed by atoms with E-state index in [0.717, 1.165) is 5.56 Å². The quantitative estimate of drug-likeness (QED) is 0.882. The van der Waals surface area contributed by atoms with Gasteiger partial charge in [-0.15, -0.1) is 0 Å². The van der Waals surface area contributed by atoms with E-state index in [2.05, 4.69) is 4.98 Å². The standard InChI is InChI=1S/C12H17F2N3/c1-8(2)11(15)9-3-4-10(16-5-9)17-6-12(13,14)7-17/h3-5,8,11H,6-7,15H2,1-2H3. The summed E-state index contributed by atoms with van der Waals surface area (Å²) in [6, 6.07) is 3.56. The van der Waals surface area contributed by atoms with Crippen molar-refractivity contribution in [1.29, 1.82) is 0 Å². The summed E-state index contributed by atoms with van der Waals surface area (Å²) in [5.74, 6) is -1.64. The smallest absolute Gasteiger partial charge is 0.282 e. The summed E-state index contributed by atoms with van der Waals surface area (Å²) in [6.45, 7) is 3.59. The number of nitrogens with two attached hydrogens (primary N) is 1. The molecule has 0 spiro atoms. The number of anilines is 1. The zero-order valence-electron chi connectivity index (χ0n) is 10.0. The maximum absolute atomic E-state index is 12.7. The molecule has 1 aliphatic heterocycles. The first-order valence-corrected chi connectivity index (χ1v) is 5.73. The summed E-state index contributed by atoms with van der Waals surface area (Å²) in [5, 5.41) is 0. The lowest BCUT2D eigenvalue weighted by molar-refractivity contribution is -0.0267. The second-order valence-corrected chi connectivity index (χ2v) is 4.93. The Balaban J connectivity index is 2.04. The van der Waals surface area contributed by atoms with E-state index >= 15 is 0 Å². The van der Waals surface area contributed by atoms with Crippen LogP contribution in [-0.4, -0.2) is 24.0 Å². The van der Waals surface area contributed by atoms with Crippen LogP contribution < -0.4 is 10.6 Å². The van der Waals surface area contributed by atoms with E-state index in [9.17, 15) is 8.78 Å². The normalized spacial score (nSPS) is 20.2. The molecule has 2 rings (SSSR count). The number of rotatable bonds is 3. The summed E-state index contributed by atoms with van der Waals surface area (Å²) in [6.07, 6.45) is 1.68. The predicted molar refractivity (Wildman–Crippen MR) is 63.2 cm³/mol. The van der Waals surface area contributed by atoms with Crippen molar-refractivity contribution in [2.45, 2.75) is 25.8 Å². The molecule has 1 unspecified atom stereocenters. The van der Waals surface area contributed by atoms with Crippen molar-refractivity contribution >= 4 is 5.82 Å². The van der Waals surface area contributed by atoms with E-state index in [4.69, 9.17) is 5.73 Å². The van der Waals surface area contributed by atoms with Crippen LogP contribution in [-0.2, 0) is 0 Å². The van der Waals surface area contributed by atoms with Gasteiger partial charge in [-0.05, 0) is 17.5 Å². The first-order chi connectivity index (χ1) is 7.89. The highest BCUT2D eigenvalue weighted by molar-refractivity contribution is 5.44. The molecule has 94 valence electrons. The average Bonchev–Trinajstić information content (AvgIpc) is 2.25. The Morgan fingerprint density at radius 3 is 2.41 bits per heavy atom. The van der Waals surface area contributed by atoms with Crippen molar-refractivity contribution in [3.05, 3.63) is 23.9 Å². The second-order valence-electron chi connectivity index (χ2n) is 4.93. The molecule has 0 radical (unpaired) electrons. The van der Waals surface area contributed by atoms with Crippen LogP contribution in [0.1, 0.15) is 25.5 Å². The molecular weight excluding hydrogens is 224 g/mol. The molecule has 1 aromatic rings. The summed E-state index contributed by atoms with van der Waals surface area (Å²) >= 11 is 0. The van der Waals surface area contributed by atoms with Crippen LogP contribution in [0.5, 0.6) is 0 Å². The third-order valence-electron chi connectivity index (χ3n) is 3.04. The minimum absolute atomic E-state index is 0.0608. The number of alkyl halides is 2. The van der Waals surface area contributed by atoms with Crippen LogP contribution in [0.2, 0.25) is 0 Å². The van der Waals surface area contributed by atoms with Crippen molar-refractivity contribution in [3.63, 3.8) is 0 Å². The largest absolute Gasteiger partial charge is 0.344 e. The summed E-state index contributed by atoms with van der Waals surface area (Å²) in [5.41, 5.74) is 6.92. The van der Waals surface area contributed by atoms with Gasteiger partial charge < -0.3 is 10.6 Å². The fraction of sp³-hybridized carbons (Fsp3) is 0.583. The van der Waals surface area contributed by atoms with E-state index in [1.165, 1.54) is 0 Å². The molecule has 2 heterocycles. The molecule has 1 atom stereocenters. The third kappa shape index (κ3) is 2.54. The first kappa shape index (κ1) is 12.2. The topological polar surface area (TPSA) is 42.1 Å². The summed E-state index contributed by atoms with van der Waals surface area (Å²) in [4.78, 5) is 5.74. The molecule has 3 nitrogen and oxygen atoms in total. The van der Waals surface area contributed by atoms with Crippen molar-refractivity contribution in [1.82, 2.24) is 4.98 Å². The molecule has 17 heavy (non-hydrogen) atoms. The van der Waals surface area contributed by atoms with Crippen molar-refractivity contribution in [2.75, 3.05) is 18.0 Å². The molecule has 0 saturated carbocycles. The van der Waals surface area contributed by atoms with Crippen LogP contribution in [0.4, 0.5) is 14.6 Å². The van der Waals surface area contributed by atoms with Gasteiger partial charge in [0, 0.05) is 12.2 Å². The monoisotopic (exact) mass is 241 g/mol. The highest BCUT2D eigenvalue weighted by atomic mass is 19.3. The molecule has 1 aliphatic rings. The van der Waals surface area contributed by atoms with Gasteiger partial charge in [0.2, 0.25) is 0 Å². The second kappa shape index (κ2) is 4.22. The van der Waals surface area contributed by atoms with Gasteiger partial charge in [-0.2, -0.15) is 0 Å². The fourth-order valence-electron chi connectivity index (χ4n) is 1.84. The summed E-state index contributed by atoms with van der Waals surface area (Å²) < 4.78 is 25.4. The van der Waals surface area contributed by atoms with Crippen molar-refractivity contribution in [3.8, 4) is 0 Å². The lowest BCUT2D eigenvalue weighted by Crippen LogP contribution is -2.56. The Bertz CT molecular complexity index is 381. The Morgan fingerprint density at radius 2 is 2.00 bits per heavy atom. The van der Waals surface area contributed by atoms with Gasteiger partial charge in [-0.1, -0.05) is 19.9 Å². The number of nitrogens with zero attached hydrogens (tertiary/aromatic N) is 2. The number of halogens is 2. The molecule has 0 aliphatic carbocycles. The minimum Gasteiger partial charge on any atom is -0.344 e. The van der Waals surface area contributed by atoms with E-state index in [0.29, 0.717) is 11.7 Å². The van der Waals surface area contributed by atoms with Crippen LogP contribution >= 0.6 is 0 Å². The van der Waals surface area contributed by atoms with Crippen LogP contribution in [0.15, 0.2) is 18.3 Å². The van der Waals surface area contributed by atoms with Crippen molar-refractivity contribution < 1.29 is 8.78 Å². The van der Waals surface area contributed by atoms with E-state index < -0.39 is 5.92 Å². The number of aromatic nitrogens is 1. The van der Waals surface area contributed by atoms with Gasteiger partial charge in [0.05, 0.1) is 13.1 Å². The zero-order chi connectivity index (χ0) is 12.6. The number of hydrogen-bond acceptors (Lipinski definition) is 3. The SMILES string of the molecule is CC(C)C(N)c1ccc(N2CC(F)(F)C2)nc1. The number of hydrogen-bond donors (Lipinski definition) is 1. The molecule has 1 fully saturated rings. The van der Waals surface area contributed by atoms with Gasteiger partial charge in [0.15, 0.2) is 0 Å². The van der Waals surface area contributed by atoms with Crippen LogP contribution in [0, 0.1) is 5.92 Å².